The van der Waals surface area contributed by atoms with E-state index < -0.39 is 16.7 Å². The number of non-ortho nitro benzene ring substituents is 1. The first-order valence-electron chi connectivity index (χ1n) is 11.3. The summed E-state index contributed by atoms with van der Waals surface area (Å²) < 4.78 is 41.5. The summed E-state index contributed by atoms with van der Waals surface area (Å²) in [5.74, 6) is 0.701. The van der Waals surface area contributed by atoms with Crippen LogP contribution in [0.3, 0.4) is 0 Å². The summed E-state index contributed by atoms with van der Waals surface area (Å²) in [6.07, 6.45) is -1.44. The first-order chi connectivity index (χ1) is 16.5. The van der Waals surface area contributed by atoms with Crippen molar-refractivity contribution in [1.82, 2.24) is 14.9 Å². The normalized spacial score (nSPS) is 20.7. The van der Waals surface area contributed by atoms with Gasteiger partial charge in [-0.3, -0.25) is 19.5 Å². The second-order valence-electron chi connectivity index (χ2n) is 8.94. The van der Waals surface area contributed by atoms with Crippen LogP contribution in [0.4, 0.5) is 18.9 Å². The maximum absolute atomic E-state index is 13.3. The third-order valence-corrected chi connectivity index (χ3v) is 7.57. The summed E-state index contributed by atoms with van der Waals surface area (Å²) >= 11 is 1.08. The van der Waals surface area contributed by atoms with Crippen LogP contribution < -0.4 is 5.32 Å². The van der Waals surface area contributed by atoms with Crippen molar-refractivity contribution in [2.45, 2.75) is 50.5 Å². The van der Waals surface area contributed by atoms with Gasteiger partial charge in [0.25, 0.3) is 5.69 Å². The number of rotatable bonds is 6. The van der Waals surface area contributed by atoms with Gasteiger partial charge < -0.3 is 5.32 Å². The van der Waals surface area contributed by atoms with Gasteiger partial charge in [-0.1, -0.05) is 44.5 Å². The van der Waals surface area contributed by atoms with Crippen molar-refractivity contribution in [2.24, 2.45) is 11.8 Å². The van der Waals surface area contributed by atoms with Gasteiger partial charge in [0, 0.05) is 23.9 Å². The number of thioether (sulfide) groups is 1. The number of nitrogens with one attached hydrogen (secondary N) is 1. The number of nitro groups is 1. The lowest BCUT2D eigenvalue weighted by Crippen LogP contribution is -2.44. The summed E-state index contributed by atoms with van der Waals surface area (Å²) in [6.45, 7) is 4.30. The Kier molecular flexibility index (Phi) is 7.07. The van der Waals surface area contributed by atoms with Crippen molar-refractivity contribution in [3.8, 4) is 5.69 Å². The van der Waals surface area contributed by atoms with Crippen molar-refractivity contribution in [3.05, 3.63) is 58.1 Å². The number of carbonyl (C=O) groups is 1. The fourth-order valence-electron chi connectivity index (χ4n) is 4.49. The van der Waals surface area contributed by atoms with E-state index in [0.29, 0.717) is 17.4 Å². The van der Waals surface area contributed by atoms with Gasteiger partial charge in [0.15, 0.2) is 5.16 Å². The number of carbonyl (C=O) groups excluding carboxylic acids is 1. The molecule has 1 heterocycles. The van der Waals surface area contributed by atoms with E-state index in [2.05, 4.69) is 24.1 Å². The number of nitro benzene ring substituents is 1. The van der Waals surface area contributed by atoms with Crippen LogP contribution in [0.1, 0.15) is 38.7 Å². The molecule has 3 atom stereocenters. The zero-order valence-electron chi connectivity index (χ0n) is 19.2. The van der Waals surface area contributed by atoms with Crippen LogP contribution >= 0.6 is 11.8 Å². The Balaban J connectivity index is 1.65. The van der Waals surface area contributed by atoms with E-state index in [1.807, 2.05) is 0 Å². The number of nitrogens with zero attached hydrogens (tertiary/aromatic N) is 3. The van der Waals surface area contributed by atoms with Gasteiger partial charge >= 0.3 is 6.18 Å². The molecule has 1 aliphatic rings. The summed E-state index contributed by atoms with van der Waals surface area (Å²) in [7, 11) is 0. The van der Waals surface area contributed by atoms with Gasteiger partial charge in [0.05, 0.1) is 27.3 Å². The van der Waals surface area contributed by atoms with E-state index in [4.69, 9.17) is 0 Å². The average molecular weight is 507 g/mol. The predicted molar refractivity (Wildman–Crippen MR) is 128 cm³/mol. The van der Waals surface area contributed by atoms with E-state index in [-0.39, 0.29) is 39.7 Å². The Morgan fingerprint density at radius 3 is 2.71 bits per heavy atom. The van der Waals surface area contributed by atoms with E-state index in [1.54, 1.807) is 0 Å². The highest BCUT2D eigenvalue weighted by molar-refractivity contribution is 7.99. The molecule has 3 unspecified atom stereocenters. The zero-order chi connectivity index (χ0) is 25.3. The van der Waals surface area contributed by atoms with Crippen LogP contribution in [-0.2, 0) is 11.0 Å². The van der Waals surface area contributed by atoms with Crippen LogP contribution in [0.15, 0.2) is 47.6 Å². The van der Waals surface area contributed by atoms with Crippen LogP contribution in [0.2, 0.25) is 0 Å². The average Bonchev–Trinajstić information content (AvgIpc) is 3.18. The third kappa shape index (κ3) is 5.44. The molecule has 1 amide bonds. The number of amides is 1. The molecule has 1 aromatic heterocycles. The van der Waals surface area contributed by atoms with Crippen LogP contribution in [0.5, 0.6) is 0 Å². The molecule has 0 bridgehead atoms. The number of aromatic nitrogens is 2. The minimum Gasteiger partial charge on any atom is -0.352 e. The monoisotopic (exact) mass is 506 g/mol. The Bertz CT molecular complexity index is 1260. The Hall–Kier alpha value is -3.08. The fourth-order valence-corrected chi connectivity index (χ4v) is 5.33. The molecule has 7 nitrogen and oxygen atoms in total. The van der Waals surface area contributed by atoms with E-state index >= 15 is 0 Å². The molecular formula is C24H25F3N4O3S. The number of halogens is 3. The number of benzene rings is 2. The minimum absolute atomic E-state index is 0.0159. The zero-order valence-corrected chi connectivity index (χ0v) is 20.0. The number of fused-ring (bicyclic) bond motifs is 1. The van der Waals surface area contributed by atoms with Crippen molar-refractivity contribution in [1.29, 1.82) is 0 Å². The largest absolute Gasteiger partial charge is 0.416 e. The highest BCUT2D eigenvalue weighted by Crippen LogP contribution is 2.34. The van der Waals surface area contributed by atoms with Gasteiger partial charge in [0.1, 0.15) is 0 Å². The Morgan fingerprint density at radius 1 is 1.23 bits per heavy atom. The molecule has 11 heteroatoms. The summed E-state index contributed by atoms with van der Waals surface area (Å²) in [4.78, 5) is 27.8. The van der Waals surface area contributed by atoms with Crippen molar-refractivity contribution in [2.75, 3.05) is 5.75 Å². The maximum atomic E-state index is 13.3. The number of alkyl halides is 3. The summed E-state index contributed by atoms with van der Waals surface area (Å²) in [5.41, 5.74) is -0.135. The summed E-state index contributed by atoms with van der Waals surface area (Å²) in [5, 5.41) is 14.6. The molecule has 4 rings (SSSR count). The quantitative estimate of drug-likeness (QED) is 0.252. The van der Waals surface area contributed by atoms with Crippen LogP contribution in [-0.4, -0.2) is 32.2 Å². The molecule has 1 fully saturated rings. The summed E-state index contributed by atoms with van der Waals surface area (Å²) in [6, 6.07) is 8.86. The minimum atomic E-state index is -4.54. The van der Waals surface area contributed by atoms with Gasteiger partial charge in [0.2, 0.25) is 5.91 Å². The lowest BCUT2D eigenvalue weighted by atomic mass is 9.78. The molecule has 1 aliphatic carbocycles. The number of imidazole rings is 1. The molecule has 0 saturated heterocycles. The molecule has 35 heavy (non-hydrogen) atoms. The third-order valence-electron chi connectivity index (χ3n) is 6.64. The maximum Gasteiger partial charge on any atom is 0.416 e. The van der Waals surface area contributed by atoms with Crippen LogP contribution in [0.25, 0.3) is 16.7 Å². The number of hydrogen-bond acceptors (Lipinski definition) is 5. The van der Waals surface area contributed by atoms with E-state index in [1.165, 1.54) is 34.9 Å². The topological polar surface area (TPSA) is 90.1 Å². The Labute approximate surface area is 204 Å². The van der Waals surface area contributed by atoms with Gasteiger partial charge in [-0.05, 0) is 42.5 Å². The first kappa shape index (κ1) is 25.0. The van der Waals surface area contributed by atoms with Crippen molar-refractivity contribution in [3.63, 3.8) is 0 Å². The second kappa shape index (κ2) is 9.88. The smallest absolute Gasteiger partial charge is 0.352 e. The molecule has 1 N–H and O–H groups in total. The predicted octanol–water partition coefficient (Wildman–Crippen LogP) is 5.99. The van der Waals surface area contributed by atoms with E-state index in [9.17, 15) is 28.1 Å². The molecule has 2 aromatic carbocycles. The molecule has 186 valence electrons. The van der Waals surface area contributed by atoms with Crippen molar-refractivity contribution >= 4 is 34.4 Å². The molecule has 1 saturated carbocycles. The first-order valence-corrected chi connectivity index (χ1v) is 12.3. The lowest BCUT2D eigenvalue weighted by Gasteiger charge is -2.34. The fraction of sp³-hybridized carbons (Fsp3) is 0.417. The highest BCUT2D eigenvalue weighted by atomic mass is 32.2. The molecule has 0 aliphatic heterocycles. The highest BCUT2D eigenvalue weighted by Gasteiger charge is 2.31. The lowest BCUT2D eigenvalue weighted by molar-refractivity contribution is -0.384. The molecule has 0 spiro atoms. The standard InChI is InChI=1S/C24H25F3N4O3S/c1-14-5-3-8-19(15(14)2)28-22(32)13-35-23-29-20-12-18(31(33)34)9-10-21(20)30(23)17-7-4-6-16(11-17)24(25,26)27/h4,6-7,9-12,14-15,19H,3,5,8,13H2,1-2H3,(H,28,32). The van der Waals surface area contributed by atoms with Gasteiger partial charge in [-0.2, -0.15) is 13.2 Å². The number of hydrogen-bond donors (Lipinski definition) is 1. The van der Waals surface area contributed by atoms with Crippen LogP contribution in [0, 0.1) is 22.0 Å². The second-order valence-corrected chi connectivity index (χ2v) is 9.88. The van der Waals surface area contributed by atoms with Gasteiger partial charge in [-0.15, -0.1) is 0 Å². The molecule has 0 radical (unpaired) electrons. The van der Waals surface area contributed by atoms with Gasteiger partial charge in [-0.25, -0.2) is 4.98 Å². The SMILES string of the molecule is CC1CCCC(NC(=O)CSc2nc3cc([N+](=O)[O-])ccc3n2-c2cccc(C(F)(F)F)c2)C1C. The Morgan fingerprint density at radius 2 is 2.00 bits per heavy atom. The molecule has 3 aromatic rings. The molecular weight excluding hydrogens is 481 g/mol. The van der Waals surface area contributed by atoms with Crippen molar-refractivity contribution < 1.29 is 22.9 Å². The van der Waals surface area contributed by atoms with E-state index in [0.717, 1.165) is 43.2 Å².